The smallest absolute Gasteiger partial charge is 0.120 e. The minimum absolute atomic E-state index is 0.671. The molecule has 0 bridgehead atoms. The largest absolute Gasteiger partial charge is 0.494 e. The highest BCUT2D eigenvalue weighted by molar-refractivity contribution is 5.91. The van der Waals surface area contributed by atoms with Gasteiger partial charge in [-0.25, -0.2) is 0 Å². The third kappa shape index (κ3) is 3.44. The van der Waals surface area contributed by atoms with Crippen molar-refractivity contribution in [3.8, 4) is 17.1 Å². The molecule has 0 radical (unpaired) electrons. The number of rotatable bonds is 7. The van der Waals surface area contributed by atoms with Crippen LogP contribution in [0, 0.1) is 6.92 Å². The van der Waals surface area contributed by atoms with Crippen molar-refractivity contribution in [1.82, 2.24) is 9.97 Å². The van der Waals surface area contributed by atoms with Crippen LogP contribution in [-0.4, -0.2) is 23.1 Å². The van der Waals surface area contributed by atoms with Crippen LogP contribution in [0.25, 0.3) is 22.3 Å². The molecular weight excluding hydrogens is 298 g/mol. The fraction of sp³-hybridized carbons (Fsp3) is 0.350. The SMILES string of the molecule is CCOc1ccc2[nH]c(-c3ccc(C)cn3)c(CCCCN)c2c1. The van der Waals surface area contributed by atoms with Gasteiger partial charge in [-0.3, -0.25) is 4.98 Å². The Balaban J connectivity index is 2.08. The molecule has 4 nitrogen and oxygen atoms in total. The van der Waals surface area contributed by atoms with Gasteiger partial charge in [0.2, 0.25) is 0 Å². The lowest BCUT2D eigenvalue weighted by Gasteiger charge is -2.06. The Bertz CT molecular complexity index is 806. The summed E-state index contributed by atoms with van der Waals surface area (Å²) in [6, 6.07) is 10.4. The minimum atomic E-state index is 0.671. The number of aryl methyl sites for hydroxylation is 2. The molecule has 3 rings (SSSR count). The Morgan fingerprint density at radius 1 is 1.17 bits per heavy atom. The van der Waals surface area contributed by atoms with Crippen LogP contribution in [0.3, 0.4) is 0 Å². The number of pyridine rings is 1. The first-order chi connectivity index (χ1) is 11.7. The molecule has 0 atom stereocenters. The number of benzene rings is 1. The number of nitrogens with one attached hydrogen (secondary N) is 1. The van der Waals surface area contributed by atoms with E-state index in [0.29, 0.717) is 6.61 Å². The van der Waals surface area contributed by atoms with Crippen LogP contribution in [0.4, 0.5) is 0 Å². The van der Waals surface area contributed by atoms with E-state index < -0.39 is 0 Å². The molecule has 0 unspecified atom stereocenters. The van der Waals surface area contributed by atoms with Crippen LogP contribution in [0.1, 0.15) is 30.9 Å². The number of H-pyrrole nitrogens is 1. The van der Waals surface area contributed by atoms with Gasteiger partial charge in [0.1, 0.15) is 5.75 Å². The van der Waals surface area contributed by atoms with E-state index in [-0.39, 0.29) is 0 Å². The van der Waals surface area contributed by atoms with E-state index in [1.54, 1.807) is 0 Å². The highest BCUT2D eigenvalue weighted by Gasteiger charge is 2.14. The van der Waals surface area contributed by atoms with Crippen molar-refractivity contribution in [2.75, 3.05) is 13.2 Å². The number of ether oxygens (including phenoxy) is 1. The van der Waals surface area contributed by atoms with E-state index in [1.807, 2.05) is 19.2 Å². The van der Waals surface area contributed by atoms with Gasteiger partial charge in [-0.15, -0.1) is 0 Å². The summed E-state index contributed by atoms with van der Waals surface area (Å²) in [4.78, 5) is 8.15. The van der Waals surface area contributed by atoms with Crippen LogP contribution >= 0.6 is 0 Å². The van der Waals surface area contributed by atoms with Gasteiger partial charge in [-0.1, -0.05) is 6.07 Å². The Morgan fingerprint density at radius 3 is 2.75 bits per heavy atom. The molecule has 0 saturated heterocycles. The lowest BCUT2D eigenvalue weighted by molar-refractivity contribution is 0.340. The standard InChI is InChI=1S/C20H25N3O/c1-3-24-15-8-10-18-17(12-15)16(6-4-5-11-21)20(23-18)19-9-7-14(2)13-22-19/h7-10,12-13,23H,3-6,11,21H2,1-2H3. The van der Waals surface area contributed by atoms with Crippen LogP contribution in [0.15, 0.2) is 36.5 Å². The van der Waals surface area contributed by atoms with Gasteiger partial charge in [-0.05, 0) is 75.0 Å². The molecule has 0 aliphatic carbocycles. The van der Waals surface area contributed by atoms with E-state index in [2.05, 4.69) is 41.2 Å². The Morgan fingerprint density at radius 2 is 2.04 bits per heavy atom. The highest BCUT2D eigenvalue weighted by atomic mass is 16.5. The molecule has 0 aliphatic rings. The second kappa shape index (κ2) is 7.49. The molecule has 1 aromatic carbocycles. The van der Waals surface area contributed by atoms with Crippen molar-refractivity contribution in [3.63, 3.8) is 0 Å². The maximum absolute atomic E-state index is 5.68. The molecule has 24 heavy (non-hydrogen) atoms. The second-order valence-corrected chi connectivity index (χ2v) is 6.09. The quantitative estimate of drug-likeness (QED) is 0.640. The Hall–Kier alpha value is -2.33. The molecule has 0 amide bonds. The minimum Gasteiger partial charge on any atom is -0.494 e. The lowest BCUT2D eigenvalue weighted by Crippen LogP contribution is -1.99. The number of nitrogens with two attached hydrogens (primary N) is 1. The first kappa shape index (κ1) is 16.5. The van der Waals surface area contributed by atoms with Crippen LogP contribution in [-0.2, 0) is 6.42 Å². The van der Waals surface area contributed by atoms with Gasteiger partial charge < -0.3 is 15.5 Å². The highest BCUT2D eigenvalue weighted by Crippen LogP contribution is 2.33. The predicted octanol–water partition coefficient (Wildman–Crippen LogP) is 4.22. The van der Waals surface area contributed by atoms with Crippen molar-refractivity contribution in [2.24, 2.45) is 5.73 Å². The lowest BCUT2D eigenvalue weighted by atomic mass is 10.0. The van der Waals surface area contributed by atoms with Crippen molar-refractivity contribution >= 4 is 10.9 Å². The number of aromatic amines is 1. The van der Waals surface area contributed by atoms with Crippen LogP contribution in [0.5, 0.6) is 5.75 Å². The van der Waals surface area contributed by atoms with Gasteiger partial charge in [0.25, 0.3) is 0 Å². The number of hydrogen-bond donors (Lipinski definition) is 2. The molecule has 2 heterocycles. The van der Waals surface area contributed by atoms with E-state index in [0.717, 1.165) is 54.0 Å². The average Bonchev–Trinajstić information content (AvgIpc) is 2.94. The van der Waals surface area contributed by atoms with E-state index >= 15 is 0 Å². The number of aromatic nitrogens is 2. The Labute approximate surface area is 143 Å². The van der Waals surface area contributed by atoms with Gasteiger partial charge in [-0.2, -0.15) is 0 Å². The summed E-state index contributed by atoms with van der Waals surface area (Å²) in [5.41, 5.74) is 11.4. The summed E-state index contributed by atoms with van der Waals surface area (Å²) in [7, 11) is 0. The van der Waals surface area contributed by atoms with E-state index in [4.69, 9.17) is 10.5 Å². The predicted molar refractivity (Wildman–Crippen MR) is 99.4 cm³/mol. The maximum atomic E-state index is 5.68. The summed E-state index contributed by atoms with van der Waals surface area (Å²) in [5.74, 6) is 0.910. The molecule has 0 fully saturated rings. The summed E-state index contributed by atoms with van der Waals surface area (Å²) in [6.07, 6.45) is 4.99. The first-order valence-corrected chi connectivity index (χ1v) is 8.63. The molecule has 4 heteroatoms. The zero-order chi connectivity index (χ0) is 16.9. The van der Waals surface area contributed by atoms with Crippen molar-refractivity contribution in [1.29, 1.82) is 0 Å². The molecule has 0 saturated carbocycles. The summed E-state index contributed by atoms with van der Waals surface area (Å²) >= 11 is 0. The molecular formula is C20H25N3O. The average molecular weight is 323 g/mol. The number of fused-ring (bicyclic) bond motifs is 1. The monoisotopic (exact) mass is 323 g/mol. The van der Waals surface area contributed by atoms with Crippen LogP contribution in [0.2, 0.25) is 0 Å². The number of hydrogen-bond acceptors (Lipinski definition) is 3. The number of nitrogens with zero attached hydrogens (tertiary/aromatic N) is 1. The van der Waals surface area contributed by atoms with Crippen LogP contribution < -0.4 is 10.5 Å². The second-order valence-electron chi connectivity index (χ2n) is 6.09. The molecule has 0 aliphatic heterocycles. The summed E-state index contributed by atoms with van der Waals surface area (Å²) < 4.78 is 5.68. The van der Waals surface area contributed by atoms with Gasteiger partial charge >= 0.3 is 0 Å². The zero-order valence-electron chi connectivity index (χ0n) is 14.4. The fourth-order valence-electron chi connectivity index (χ4n) is 3.02. The number of unbranched alkanes of at least 4 members (excludes halogenated alkanes) is 1. The topological polar surface area (TPSA) is 63.9 Å². The third-order valence-electron chi connectivity index (χ3n) is 4.24. The normalized spacial score (nSPS) is 11.1. The molecule has 0 spiro atoms. The van der Waals surface area contributed by atoms with E-state index in [9.17, 15) is 0 Å². The fourth-order valence-corrected chi connectivity index (χ4v) is 3.02. The van der Waals surface area contributed by atoms with Gasteiger partial charge in [0.15, 0.2) is 0 Å². The van der Waals surface area contributed by atoms with Crippen molar-refractivity contribution < 1.29 is 4.74 Å². The maximum Gasteiger partial charge on any atom is 0.120 e. The van der Waals surface area contributed by atoms with Gasteiger partial charge in [0.05, 0.1) is 18.0 Å². The third-order valence-corrected chi connectivity index (χ3v) is 4.24. The molecule has 2 aromatic heterocycles. The Kier molecular flexibility index (Phi) is 5.16. The van der Waals surface area contributed by atoms with Gasteiger partial charge in [0, 0.05) is 17.1 Å². The first-order valence-electron chi connectivity index (χ1n) is 8.63. The van der Waals surface area contributed by atoms with Crippen molar-refractivity contribution in [2.45, 2.75) is 33.1 Å². The molecule has 3 aromatic rings. The van der Waals surface area contributed by atoms with Crippen molar-refractivity contribution in [3.05, 3.63) is 47.7 Å². The summed E-state index contributed by atoms with van der Waals surface area (Å²) in [5, 5.41) is 1.22. The molecule has 3 N–H and O–H groups in total. The summed E-state index contributed by atoms with van der Waals surface area (Å²) in [6.45, 7) is 5.46. The zero-order valence-corrected chi connectivity index (χ0v) is 14.4. The van der Waals surface area contributed by atoms with E-state index in [1.165, 1.54) is 10.9 Å². The molecule has 126 valence electrons.